The van der Waals surface area contributed by atoms with Crippen molar-refractivity contribution < 1.29 is 18.7 Å². The van der Waals surface area contributed by atoms with Crippen LogP contribution in [0.2, 0.25) is 0 Å². The van der Waals surface area contributed by atoms with Gasteiger partial charge in [0.15, 0.2) is 15.8 Å². The maximum atomic E-state index is 13.5. The summed E-state index contributed by atoms with van der Waals surface area (Å²) in [4.78, 5) is 15.3. The van der Waals surface area contributed by atoms with E-state index in [0.29, 0.717) is 30.8 Å². The Kier molecular flexibility index (Phi) is 7.40. The molecule has 0 radical (unpaired) electrons. The molecule has 0 saturated carbocycles. The molecular formula is C26H21BrFNO3S2. The molecule has 4 rings (SSSR count). The molecule has 1 saturated heterocycles. The van der Waals surface area contributed by atoms with Crippen LogP contribution in [0.1, 0.15) is 22.3 Å². The van der Waals surface area contributed by atoms with E-state index in [9.17, 15) is 9.18 Å². The van der Waals surface area contributed by atoms with E-state index in [0.717, 1.165) is 22.4 Å². The number of halogens is 2. The minimum absolute atomic E-state index is 0.163. The molecule has 0 unspecified atom stereocenters. The Balaban J connectivity index is 1.59. The van der Waals surface area contributed by atoms with Gasteiger partial charge in [-0.15, -0.1) is 0 Å². The van der Waals surface area contributed by atoms with Crippen LogP contribution in [-0.4, -0.2) is 17.3 Å². The van der Waals surface area contributed by atoms with Gasteiger partial charge in [0.2, 0.25) is 0 Å². The fourth-order valence-corrected chi connectivity index (χ4v) is 5.49. The van der Waals surface area contributed by atoms with Crippen LogP contribution in [0.25, 0.3) is 6.08 Å². The topological polar surface area (TPSA) is 38.8 Å². The zero-order valence-corrected chi connectivity index (χ0v) is 21.9. The van der Waals surface area contributed by atoms with Crippen molar-refractivity contribution in [2.75, 3.05) is 12.0 Å². The highest BCUT2D eigenvalue weighted by atomic mass is 79.9. The van der Waals surface area contributed by atoms with Gasteiger partial charge in [-0.2, -0.15) is 0 Å². The third-order valence-electron chi connectivity index (χ3n) is 5.21. The monoisotopic (exact) mass is 557 g/mol. The van der Waals surface area contributed by atoms with Gasteiger partial charge in [0.1, 0.15) is 12.4 Å². The van der Waals surface area contributed by atoms with Crippen molar-refractivity contribution in [3.63, 3.8) is 0 Å². The summed E-state index contributed by atoms with van der Waals surface area (Å²) in [5, 5.41) is 0. The molecule has 8 heteroatoms. The van der Waals surface area contributed by atoms with Crippen molar-refractivity contribution in [3.8, 4) is 11.5 Å². The second-order valence-corrected chi connectivity index (χ2v) is 10.3. The van der Waals surface area contributed by atoms with Gasteiger partial charge in [0, 0.05) is 0 Å². The number of thioether (sulfide) groups is 1. The highest BCUT2D eigenvalue weighted by Gasteiger charge is 2.34. The summed E-state index contributed by atoms with van der Waals surface area (Å²) in [6.45, 7) is 4.16. The number of rotatable bonds is 6. The molecular weight excluding hydrogens is 537 g/mol. The van der Waals surface area contributed by atoms with E-state index in [-0.39, 0.29) is 18.3 Å². The van der Waals surface area contributed by atoms with E-state index in [1.165, 1.54) is 23.9 Å². The third-order valence-corrected chi connectivity index (χ3v) is 7.10. The van der Waals surface area contributed by atoms with Crippen LogP contribution in [0, 0.1) is 19.7 Å². The number of nitrogens with zero attached hydrogens (tertiary/aromatic N) is 1. The lowest BCUT2D eigenvalue weighted by atomic mass is 10.1. The lowest BCUT2D eigenvalue weighted by Crippen LogP contribution is -2.28. The summed E-state index contributed by atoms with van der Waals surface area (Å²) in [5.41, 5.74) is 4.35. The van der Waals surface area contributed by atoms with Crippen molar-refractivity contribution in [3.05, 3.63) is 92.0 Å². The van der Waals surface area contributed by atoms with Crippen molar-refractivity contribution >= 4 is 61.9 Å². The number of methoxy groups -OCH3 is 1. The predicted molar refractivity (Wildman–Crippen MR) is 143 cm³/mol. The van der Waals surface area contributed by atoms with Gasteiger partial charge in [0.25, 0.3) is 5.91 Å². The Morgan fingerprint density at radius 2 is 1.94 bits per heavy atom. The largest absolute Gasteiger partial charge is 0.493 e. The average molecular weight is 558 g/mol. The molecule has 3 aromatic carbocycles. The number of carbonyl (C=O) groups is 1. The minimum atomic E-state index is -0.319. The number of amides is 1. The van der Waals surface area contributed by atoms with E-state index < -0.39 is 0 Å². The summed E-state index contributed by atoms with van der Waals surface area (Å²) in [6.07, 6.45) is 1.78. The molecule has 4 nitrogen and oxygen atoms in total. The molecule has 1 heterocycles. The lowest BCUT2D eigenvalue weighted by molar-refractivity contribution is -0.113. The standard InChI is InChI=1S/C26H21BrFNO3S2/c1-15-7-8-21(16(2)9-15)29-25(30)23(34-26(29)33)13-18-11-20(27)24(22(12-18)31-3)32-14-17-5-4-6-19(28)10-17/h4-13H,14H2,1-3H3/b23-13-. The van der Waals surface area contributed by atoms with Crippen LogP contribution in [0.3, 0.4) is 0 Å². The molecule has 0 atom stereocenters. The summed E-state index contributed by atoms with van der Waals surface area (Å²) >= 11 is 10.3. The molecule has 0 aliphatic carbocycles. The first-order valence-electron chi connectivity index (χ1n) is 10.4. The summed E-state index contributed by atoms with van der Waals surface area (Å²) in [6, 6.07) is 15.8. The molecule has 0 N–H and O–H groups in total. The van der Waals surface area contributed by atoms with E-state index in [2.05, 4.69) is 15.9 Å². The van der Waals surface area contributed by atoms with Crippen LogP contribution in [0.15, 0.2) is 64.0 Å². The zero-order valence-electron chi connectivity index (χ0n) is 18.7. The normalized spacial score (nSPS) is 14.7. The van der Waals surface area contributed by atoms with Gasteiger partial charge in [-0.05, 0) is 82.9 Å². The van der Waals surface area contributed by atoms with Gasteiger partial charge >= 0.3 is 0 Å². The number of aryl methyl sites for hydroxylation is 2. The Hall–Kier alpha value is -2.68. The molecule has 1 aliphatic rings. The molecule has 1 aliphatic heterocycles. The van der Waals surface area contributed by atoms with E-state index >= 15 is 0 Å². The third kappa shape index (κ3) is 5.19. The maximum Gasteiger partial charge on any atom is 0.270 e. The maximum absolute atomic E-state index is 13.5. The van der Waals surface area contributed by atoms with Crippen molar-refractivity contribution in [1.82, 2.24) is 0 Å². The highest BCUT2D eigenvalue weighted by Crippen LogP contribution is 2.41. The van der Waals surface area contributed by atoms with Crippen molar-refractivity contribution in [2.24, 2.45) is 0 Å². The molecule has 1 amide bonds. The lowest BCUT2D eigenvalue weighted by Gasteiger charge is -2.17. The van der Waals surface area contributed by atoms with Gasteiger partial charge in [-0.25, -0.2) is 4.39 Å². The summed E-state index contributed by atoms with van der Waals surface area (Å²) in [5.74, 6) is 0.498. The summed E-state index contributed by atoms with van der Waals surface area (Å²) < 4.78 is 26.0. The highest BCUT2D eigenvalue weighted by molar-refractivity contribution is 9.10. The van der Waals surface area contributed by atoms with E-state index in [1.54, 1.807) is 36.3 Å². The molecule has 0 aromatic heterocycles. The minimum Gasteiger partial charge on any atom is -0.493 e. The SMILES string of the molecule is COc1cc(/C=C2\SC(=S)N(c3ccc(C)cc3C)C2=O)cc(Br)c1OCc1cccc(F)c1. The molecule has 174 valence electrons. The average Bonchev–Trinajstić information content (AvgIpc) is 3.05. The first-order chi connectivity index (χ1) is 16.3. The van der Waals surface area contributed by atoms with Crippen molar-refractivity contribution in [1.29, 1.82) is 0 Å². The van der Waals surface area contributed by atoms with E-state index in [1.807, 2.05) is 38.1 Å². The van der Waals surface area contributed by atoms with Crippen LogP contribution >= 0.6 is 39.9 Å². The van der Waals surface area contributed by atoms with Crippen LogP contribution in [-0.2, 0) is 11.4 Å². The molecule has 0 spiro atoms. The number of thiocarbonyl (C=S) groups is 1. The van der Waals surface area contributed by atoms with E-state index in [4.69, 9.17) is 21.7 Å². The number of benzene rings is 3. The van der Waals surface area contributed by atoms with Gasteiger partial charge in [-0.3, -0.25) is 9.69 Å². The molecule has 3 aromatic rings. The Labute approximate surface area is 215 Å². The Bertz CT molecular complexity index is 1330. The first-order valence-corrected chi connectivity index (χ1v) is 12.4. The zero-order chi connectivity index (χ0) is 24.4. The van der Waals surface area contributed by atoms with Gasteiger partial charge < -0.3 is 9.47 Å². The van der Waals surface area contributed by atoms with Crippen LogP contribution in [0.4, 0.5) is 10.1 Å². The predicted octanol–water partition coefficient (Wildman–Crippen LogP) is 7.20. The van der Waals surface area contributed by atoms with Gasteiger partial charge in [-0.1, -0.05) is 53.8 Å². The number of carbonyl (C=O) groups excluding carboxylic acids is 1. The number of hydrogen-bond donors (Lipinski definition) is 0. The summed E-state index contributed by atoms with van der Waals surface area (Å²) in [7, 11) is 1.54. The molecule has 1 fully saturated rings. The van der Waals surface area contributed by atoms with Crippen molar-refractivity contribution in [2.45, 2.75) is 20.5 Å². The first kappa shape index (κ1) is 24.4. The number of hydrogen-bond acceptors (Lipinski definition) is 5. The fraction of sp³-hybridized carbons (Fsp3) is 0.154. The second kappa shape index (κ2) is 10.3. The molecule has 0 bridgehead atoms. The smallest absolute Gasteiger partial charge is 0.270 e. The van der Waals surface area contributed by atoms with Crippen LogP contribution in [0.5, 0.6) is 11.5 Å². The second-order valence-electron chi connectivity index (χ2n) is 7.76. The van der Waals surface area contributed by atoms with Gasteiger partial charge in [0.05, 0.1) is 22.2 Å². The fourth-order valence-electron chi connectivity index (χ4n) is 3.63. The van der Waals surface area contributed by atoms with Crippen LogP contribution < -0.4 is 14.4 Å². The number of anilines is 1. The number of ether oxygens (including phenoxy) is 2. The Morgan fingerprint density at radius 1 is 1.15 bits per heavy atom. The molecule has 34 heavy (non-hydrogen) atoms. The Morgan fingerprint density at radius 3 is 2.65 bits per heavy atom. The quantitative estimate of drug-likeness (QED) is 0.236.